The number of esters is 2. The second-order valence-corrected chi connectivity index (χ2v) is 32.2. The van der Waals surface area contributed by atoms with E-state index in [4.69, 9.17) is 61.6 Å². The highest BCUT2D eigenvalue weighted by Crippen LogP contribution is 2.76. The summed E-state index contributed by atoms with van der Waals surface area (Å²) in [6.07, 6.45) is -45.4. The molecule has 0 radical (unpaired) electrons. The molecule has 38 atom stereocenters. The van der Waals surface area contributed by atoms with Crippen LogP contribution in [0.2, 0.25) is 0 Å². The summed E-state index contributed by atoms with van der Waals surface area (Å²) in [5.41, 5.74) is -3.23. The van der Waals surface area contributed by atoms with E-state index in [0.717, 1.165) is 12.5 Å². The summed E-state index contributed by atoms with van der Waals surface area (Å²) in [6.45, 7) is 14.2. The van der Waals surface area contributed by atoms with Gasteiger partial charge in [-0.2, -0.15) is 0 Å². The minimum Gasteiger partial charge on any atom is -0.463 e. The molecule has 0 aromatic carbocycles. The van der Waals surface area contributed by atoms with Gasteiger partial charge in [0.1, 0.15) is 146 Å². The van der Waals surface area contributed by atoms with Crippen LogP contribution in [0, 0.1) is 50.2 Å². The van der Waals surface area contributed by atoms with Crippen molar-refractivity contribution in [1.29, 1.82) is 0 Å². The summed E-state index contributed by atoms with van der Waals surface area (Å²) in [6, 6.07) is 0. The SMILES string of the molecule is CC(=O)OCC1OC(OCC2OC(OC(=O)C34CCC(C)(C)CC3C3=CCC5C6(C)CCC(OC7OCC(O)C(OC8OC(CO)C(O)C(O)C8O)C7OC7OC(CO)C(O)C(O)C7O)C(C)(C)C6CCC5(C)C3(C)CC4O)C(O)C(O)C2O)C(O)C(O)C1OC1OC(C)C(O)C(O)C1O. The molecule has 0 aromatic heterocycles. The molecule has 11 rings (SSSR count). The second kappa shape index (κ2) is 29.6. The van der Waals surface area contributed by atoms with Gasteiger partial charge in [0.2, 0.25) is 6.29 Å². The lowest BCUT2D eigenvalue weighted by atomic mass is 9.33. The first-order chi connectivity index (χ1) is 46.8. The molecular formula is C67H108O33. The van der Waals surface area contributed by atoms with Gasteiger partial charge in [-0.25, -0.2) is 0 Å². The average Bonchev–Trinajstić information content (AvgIpc) is 0.671. The Morgan fingerprint density at radius 1 is 0.510 bits per heavy atom. The Labute approximate surface area is 578 Å². The van der Waals surface area contributed by atoms with Gasteiger partial charge in [0.15, 0.2) is 31.5 Å². The van der Waals surface area contributed by atoms with E-state index in [9.17, 15) is 96.7 Å². The van der Waals surface area contributed by atoms with Crippen LogP contribution in [0.5, 0.6) is 0 Å². The highest BCUT2D eigenvalue weighted by molar-refractivity contribution is 5.80. The maximum atomic E-state index is 15.5. The quantitative estimate of drug-likeness (QED) is 0.0368. The molecule has 574 valence electrons. The van der Waals surface area contributed by atoms with Crippen molar-refractivity contribution in [3.05, 3.63) is 11.6 Å². The van der Waals surface area contributed by atoms with Gasteiger partial charge in [0, 0.05) is 6.92 Å². The maximum absolute atomic E-state index is 15.5. The number of hydrogen-bond donors (Lipinski definition) is 18. The number of aliphatic hydroxyl groups excluding tert-OH is 18. The molecule has 0 bridgehead atoms. The lowest BCUT2D eigenvalue weighted by Gasteiger charge is -2.71. The number of carbonyl (C=O) groups is 2. The van der Waals surface area contributed by atoms with Gasteiger partial charge in [-0.3, -0.25) is 9.59 Å². The number of hydrogen-bond acceptors (Lipinski definition) is 33. The third-order valence-corrected chi connectivity index (χ3v) is 25.5. The summed E-state index contributed by atoms with van der Waals surface area (Å²) < 4.78 is 77.6. The molecule has 33 nitrogen and oxygen atoms in total. The highest BCUT2D eigenvalue weighted by Gasteiger charge is 2.72. The van der Waals surface area contributed by atoms with Crippen molar-refractivity contribution in [1.82, 2.24) is 0 Å². The molecule has 6 aliphatic heterocycles. The maximum Gasteiger partial charge on any atom is 0.317 e. The minimum absolute atomic E-state index is 0.00802. The van der Waals surface area contributed by atoms with Crippen LogP contribution >= 0.6 is 0 Å². The van der Waals surface area contributed by atoms with Crippen molar-refractivity contribution >= 4 is 11.9 Å². The molecule has 0 aromatic rings. The molecule has 0 amide bonds. The highest BCUT2D eigenvalue weighted by atomic mass is 16.8. The van der Waals surface area contributed by atoms with E-state index in [1.54, 1.807) is 0 Å². The van der Waals surface area contributed by atoms with Gasteiger partial charge in [0.05, 0.1) is 44.7 Å². The predicted molar refractivity (Wildman–Crippen MR) is 332 cm³/mol. The van der Waals surface area contributed by atoms with Crippen molar-refractivity contribution in [2.75, 3.05) is 33.0 Å². The monoisotopic (exact) mass is 1440 g/mol. The van der Waals surface area contributed by atoms with Crippen LogP contribution in [0.3, 0.4) is 0 Å². The third-order valence-electron chi connectivity index (χ3n) is 25.5. The minimum atomic E-state index is -2.03. The summed E-state index contributed by atoms with van der Waals surface area (Å²) in [5.74, 6) is -2.33. The van der Waals surface area contributed by atoms with Crippen molar-refractivity contribution in [2.45, 2.75) is 310 Å². The second-order valence-electron chi connectivity index (χ2n) is 32.2. The van der Waals surface area contributed by atoms with Gasteiger partial charge in [0.25, 0.3) is 0 Å². The topological polar surface area (TPSA) is 518 Å². The number of rotatable bonds is 17. The smallest absolute Gasteiger partial charge is 0.317 e. The third kappa shape index (κ3) is 13.7. The van der Waals surface area contributed by atoms with Gasteiger partial charge in [-0.1, -0.05) is 60.1 Å². The fourth-order valence-electron chi connectivity index (χ4n) is 19.3. The Balaban J connectivity index is 0.804. The van der Waals surface area contributed by atoms with Gasteiger partial charge < -0.3 is 153 Å². The van der Waals surface area contributed by atoms with E-state index < -0.39 is 268 Å². The predicted octanol–water partition coefficient (Wildman–Crippen LogP) is -5.18. The van der Waals surface area contributed by atoms with Crippen LogP contribution < -0.4 is 0 Å². The number of fused-ring (bicyclic) bond motifs is 7. The average molecular weight is 1440 g/mol. The largest absolute Gasteiger partial charge is 0.463 e. The molecule has 5 aliphatic carbocycles. The molecule has 4 saturated carbocycles. The first kappa shape index (κ1) is 78.6. The Kier molecular flexibility index (Phi) is 23.3. The van der Waals surface area contributed by atoms with Crippen LogP contribution in [0.15, 0.2) is 11.6 Å². The first-order valence-corrected chi connectivity index (χ1v) is 35.1. The Hall–Kier alpha value is -2.48. The Morgan fingerprint density at radius 3 is 1.64 bits per heavy atom. The van der Waals surface area contributed by atoms with Gasteiger partial charge >= 0.3 is 11.9 Å². The summed E-state index contributed by atoms with van der Waals surface area (Å²) in [7, 11) is 0. The zero-order valence-electron chi connectivity index (χ0n) is 57.8. The van der Waals surface area contributed by atoms with Crippen molar-refractivity contribution in [3.8, 4) is 0 Å². The van der Waals surface area contributed by atoms with Crippen molar-refractivity contribution in [3.63, 3.8) is 0 Å². The van der Waals surface area contributed by atoms with Gasteiger partial charge in [-0.15, -0.1) is 0 Å². The molecule has 11 aliphatic rings. The van der Waals surface area contributed by atoms with Crippen LogP contribution in [0.25, 0.3) is 0 Å². The van der Waals surface area contributed by atoms with Crippen LogP contribution in [0.1, 0.15) is 120 Å². The van der Waals surface area contributed by atoms with E-state index in [0.29, 0.717) is 44.9 Å². The van der Waals surface area contributed by atoms with Crippen LogP contribution in [-0.2, 0) is 71.2 Å². The fraction of sp³-hybridized carbons (Fsp3) is 0.940. The lowest BCUT2D eigenvalue weighted by Crippen LogP contribution is -2.68. The van der Waals surface area contributed by atoms with Crippen molar-refractivity contribution in [2.24, 2.45) is 50.2 Å². The van der Waals surface area contributed by atoms with E-state index in [-0.39, 0.29) is 30.1 Å². The standard InChI is InChI=1S/C67H108O33/c1-25-38(73)42(77)47(82)56(91-25)98-53-33(24-88-26(2)70)95-55(51(86)46(53)81)90-23-32-41(76)45(80)50(85)59(94-32)100-61(87)67-17-16-62(3,4)18-28(67)27-10-11-35-64(7)14-13-37(63(5,6)34(64)12-15-65(35,8)66(27,9)19-36(67)72)96-60-54(99-58-49(84)44(79)40(75)31(21-69)93-58)52(29(71)22-89-60)97-57-48(83)43(78)39(74)30(20-68)92-57/h10,25,28-60,68-69,71-86H,11-24H2,1-9H3. The molecular weight excluding hydrogens is 1330 g/mol. The normalized spacial score (nSPS) is 53.1. The molecule has 6 saturated heterocycles. The molecule has 100 heavy (non-hydrogen) atoms. The van der Waals surface area contributed by atoms with E-state index in [1.165, 1.54) is 6.92 Å². The summed E-state index contributed by atoms with van der Waals surface area (Å²) in [5, 5.41) is 198. The number of aliphatic hydroxyl groups is 18. The van der Waals surface area contributed by atoms with Crippen molar-refractivity contribution < 1.29 is 163 Å². The fourth-order valence-corrected chi connectivity index (χ4v) is 19.3. The first-order valence-electron chi connectivity index (χ1n) is 35.1. The summed E-state index contributed by atoms with van der Waals surface area (Å²) in [4.78, 5) is 27.4. The molecule has 33 heteroatoms. The number of ether oxygens (including phenoxy) is 13. The summed E-state index contributed by atoms with van der Waals surface area (Å²) >= 11 is 0. The molecule has 18 N–H and O–H groups in total. The van der Waals surface area contributed by atoms with Crippen LogP contribution in [0.4, 0.5) is 0 Å². The number of allylic oxidation sites excluding steroid dienone is 2. The molecule has 6 heterocycles. The Morgan fingerprint density at radius 2 is 1.04 bits per heavy atom. The van der Waals surface area contributed by atoms with Gasteiger partial charge in [-0.05, 0) is 110 Å². The molecule has 38 unspecified atom stereocenters. The number of carbonyl (C=O) groups excluding carboxylic acids is 2. The van der Waals surface area contributed by atoms with E-state index >= 15 is 4.79 Å². The zero-order valence-corrected chi connectivity index (χ0v) is 57.8. The Bertz CT molecular complexity index is 2850. The van der Waals surface area contributed by atoms with Crippen LogP contribution in [-0.4, -0.2) is 327 Å². The zero-order chi connectivity index (χ0) is 73.2. The molecule has 10 fully saturated rings. The van der Waals surface area contributed by atoms with E-state index in [1.807, 2.05) is 0 Å². The lowest BCUT2D eigenvalue weighted by molar-refractivity contribution is -0.389. The molecule has 0 spiro atoms. The van der Waals surface area contributed by atoms with E-state index in [2.05, 4.69) is 54.5 Å².